The van der Waals surface area contributed by atoms with E-state index in [9.17, 15) is 0 Å². The molecule has 0 bridgehead atoms. The Morgan fingerprint density at radius 3 is 2.90 bits per heavy atom. The second-order valence-electron chi connectivity index (χ2n) is 4.16. The summed E-state index contributed by atoms with van der Waals surface area (Å²) in [5, 5.41) is 3.09. The number of hydrogen-bond acceptors (Lipinski definition) is 7. The van der Waals surface area contributed by atoms with E-state index in [2.05, 4.69) is 19.1 Å². The van der Waals surface area contributed by atoms with Crippen LogP contribution in [0.25, 0.3) is 0 Å². The molecule has 1 heterocycles. The molecular weight excluding hydrogens is 290 g/mol. The average molecular weight is 307 g/mol. The Kier molecular flexibility index (Phi) is 5.16. The number of benzene rings is 1. The van der Waals surface area contributed by atoms with Gasteiger partial charge in [0.2, 0.25) is 0 Å². The van der Waals surface area contributed by atoms with Crippen LogP contribution in [-0.2, 0) is 0 Å². The molecule has 9 heteroatoms. The summed E-state index contributed by atoms with van der Waals surface area (Å²) in [5.74, 6) is 1.78. The van der Waals surface area contributed by atoms with E-state index >= 15 is 0 Å². The van der Waals surface area contributed by atoms with E-state index in [4.69, 9.17) is 21.9 Å². The standard InChI is InChI=1S/C12H17N7OS/c13-10-11(19-21-18-10)16-5-2-6-20-9-4-1-3-8(7-9)17-12(14)15/h1,3-4,7H,2,5-6H2,(H2,13,18)(H,16,19)(H4,14,15,17). The molecule has 0 amide bonds. The Morgan fingerprint density at radius 1 is 1.33 bits per heavy atom. The van der Waals surface area contributed by atoms with Crippen LogP contribution in [0.15, 0.2) is 29.3 Å². The summed E-state index contributed by atoms with van der Waals surface area (Å²) in [7, 11) is 0. The molecule has 21 heavy (non-hydrogen) atoms. The Morgan fingerprint density at radius 2 is 2.19 bits per heavy atom. The number of ether oxygens (including phenoxy) is 1. The van der Waals surface area contributed by atoms with E-state index in [1.807, 2.05) is 12.1 Å². The van der Waals surface area contributed by atoms with E-state index < -0.39 is 0 Å². The topological polar surface area (TPSA) is 137 Å². The Labute approximate surface area is 126 Å². The van der Waals surface area contributed by atoms with Gasteiger partial charge in [0, 0.05) is 12.6 Å². The molecule has 7 N–H and O–H groups in total. The fourth-order valence-electron chi connectivity index (χ4n) is 1.58. The summed E-state index contributed by atoms with van der Waals surface area (Å²) in [6, 6.07) is 7.25. The lowest BCUT2D eigenvalue weighted by Gasteiger charge is -2.07. The fraction of sp³-hybridized carbons (Fsp3) is 0.250. The monoisotopic (exact) mass is 307 g/mol. The van der Waals surface area contributed by atoms with Gasteiger partial charge >= 0.3 is 0 Å². The average Bonchev–Trinajstić information content (AvgIpc) is 2.84. The van der Waals surface area contributed by atoms with Crippen LogP contribution in [0.1, 0.15) is 6.42 Å². The normalized spacial score (nSPS) is 10.1. The maximum absolute atomic E-state index is 5.62. The van der Waals surface area contributed by atoms with Gasteiger partial charge < -0.3 is 27.3 Å². The Balaban J connectivity index is 1.73. The highest BCUT2D eigenvalue weighted by molar-refractivity contribution is 6.99. The van der Waals surface area contributed by atoms with Gasteiger partial charge in [0.15, 0.2) is 17.6 Å². The second kappa shape index (κ2) is 7.29. The predicted octanol–water partition coefficient (Wildman–Crippen LogP) is 0.906. The molecule has 2 rings (SSSR count). The first kappa shape index (κ1) is 14.9. The molecule has 1 aromatic carbocycles. The molecule has 0 saturated carbocycles. The van der Waals surface area contributed by atoms with Gasteiger partial charge in [0.1, 0.15) is 5.75 Å². The van der Waals surface area contributed by atoms with Crippen molar-refractivity contribution < 1.29 is 4.74 Å². The zero-order chi connectivity index (χ0) is 15.1. The SMILES string of the molecule is NC(N)=Nc1cccc(OCCCNc2nsnc2N)c1. The largest absolute Gasteiger partial charge is 0.493 e. The molecule has 0 aliphatic rings. The molecule has 1 aromatic heterocycles. The predicted molar refractivity (Wildman–Crippen MR) is 84.8 cm³/mol. The highest BCUT2D eigenvalue weighted by Crippen LogP contribution is 2.19. The van der Waals surface area contributed by atoms with Gasteiger partial charge in [-0.3, -0.25) is 0 Å². The van der Waals surface area contributed by atoms with Gasteiger partial charge in [-0.15, -0.1) is 0 Å². The summed E-state index contributed by atoms with van der Waals surface area (Å²) in [6.07, 6.45) is 0.795. The second-order valence-corrected chi connectivity index (χ2v) is 4.69. The third kappa shape index (κ3) is 4.80. The maximum atomic E-state index is 5.62. The number of hydrogen-bond donors (Lipinski definition) is 4. The van der Waals surface area contributed by atoms with Crippen molar-refractivity contribution in [2.24, 2.45) is 16.5 Å². The van der Waals surface area contributed by atoms with E-state index in [1.54, 1.807) is 12.1 Å². The Bertz CT molecular complexity index is 609. The highest BCUT2D eigenvalue weighted by Gasteiger charge is 2.02. The molecule has 0 aliphatic carbocycles. The van der Waals surface area contributed by atoms with E-state index in [-0.39, 0.29) is 5.96 Å². The molecule has 0 radical (unpaired) electrons. The lowest BCUT2D eigenvalue weighted by molar-refractivity contribution is 0.315. The Hall–Kier alpha value is -2.55. The van der Waals surface area contributed by atoms with Gasteiger partial charge in [0.25, 0.3) is 0 Å². The molecule has 0 unspecified atom stereocenters. The minimum atomic E-state index is 0.0193. The molecule has 0 saturated heterocycles. The number of nitrogens with two attached hydrogens (primary N) is 3. The minimum Gasteiger partial charge on any atom is -0.493 e. The molecule has 112 valence electrons. The number of aromatic nitrogens is 2. The van der Waals surface area contributed by atoms with Gasteiger partial charge in [-0.05, 0) is 18.6 Å². The molecule has 2 aromatic rings. The number of guanidine groups is 1. The molecule has 0 aliphatic heterocycles. The molecular formula is C12H17N7OS. The van der Waals surface area contributed by atoms with Crippen molar-refractivity contribution in [2.75, 3.05) is 24.2 Å². The van der Waals surface area contributed by atoms with Crippen LogP contribution < -0.4 is 27.3 Å². The van der Waals surface area contributed by atoms with Crippen LogP contribution in [0.3, 0.4) is 0 Å². The third-order valence-electron chi connectivity index (χ3n) is 2.47. The number of nitrogens with one attached hydrogen (secondary N) is 1. The summed E-state index contributed by atoms with van der Waals surface area (Å²) in [5.41, 5.74) is 16.9. The lowest BCUT2D eigenvalue weighted by atomic mass is 10.3. The molecule has 0 fully saturated rings. The maximum Gasteiger partial charge on any atom is 0.191 e. The van der Waals surface area contributed by atoms with Gasteiger partial charge in [0.05, 0.1) is 24.0 Å². The van der Waals surface area contributed by atoms with Crippen molar-refractivity contribution in [3.63, 3.8) is 0 Å². The molecule has 0 atom stereocenters. The minimum absolute atomic E-state index is 0.0193. The number of rotatable bonds is 7. The molecule has 8 nitrogen and oxygen atoms in total. The van der Waals surface area contributed by atoms with Crippen LogP contribution in [0.5, 0.6) is 5.75 Å². The van der Waals surface area contributed by atoms with Gasteiger partial charge in [-0.25, -0.2) is 4.99 Å². The summed E-state index contributed by atoms with van der Waals surface area (Å²) < 4.78 is 13.5. The van der Waals surface area contributed by atoms with Gasteiger partial charge in [-0.1, -0.05) is 6.07 Å². The van der Waals surface area contributed by atoms with Crippen molar-refractivity contribution in [3.05, 3.63) is 24.3 Å². The van der Waals surface area contributed by atoms with Crippen LogP contribution >= 0.6 is 11.7 Å². The number of aliphatic imine (C=N–C) groups is 1. The quantitative estimate of drug-likeness (QED) is 0.339. The van der Waals surface area contributed by atoms with Crippen LogP contribution in [-0.4, -0.2) is 27.9 Å². The smallest absolute Gasteiger partial charge is 0.191 e. The van der Waals surface area contributed by atoms with E-state index in [0.29, 0.717) is 36.2 Å². The zero-order valence-electron chi connectivity index (χ0n) is 11.3. The lowest BCUT2D eigenvalue weighted by Crippen LogP contribution is -2.21. The zero-order valence-corrected chi connectivity index (χ0v) is 12.1. The fourth-order valence-corrected chi connectivity index (χ4v) is 2.03. The summed E-state index contributed by atoms with van der Waals surface area (Å²) in [6.45, 7) is 1.25. The first-order valence-electron chi connectivity index (χ1n) is 6.29. The first-order chi connectivity index (χ1) is 10.1. The highest BCUT2D eigenvalue weighted by atomic mass is 32.1. The van der Waals surface area contributed by atoms with E-state index in [1.165, 1.54) is 0 Å². The summed E-state index contributed by atoms with van der Waals surface area (Å²) >= 11 is 1.08. The number of anilines is 2. The first-order valence-corrected chi connectivity index (χ1v) is 7.02. The van der Waals surface area contributed by atoms with Crippen LogP contribution in [0, 0.1) is 0 Å². The third-order valence-corrected chi connectivity index (χ3v) is 3.01. The van der Waals surface area contributed by atoms with Crippen molar-refractivity contribution in [1.29, 1.82) is 0 Å². The van der Waals surface area contributed by atoms with Crippen molar-refractivity contribution in [1.82, 2.24) is 8.75 Å². The molecule has 0 spiro atoms. The van der Waals surface area contributed by atoms with Crippen molar-refractivity contribution in [3.8, 4) is 5.75 Å². The van der Waals surface area contributed by atoms with Gasteiger partial charge in [-0.2, -0.15) is 8.75 Å². The van der Waals surface area contributed by atoms with Crippen molar-refractivity contribution in [2.45, 2.75) is 6.42 Å². The van der Waals surface area contributed by atoms with Crippen LogP contribution in [0.2, 0.25) is 0 Å². The summed E-state index contributed by atoms with van der Waals surface area (Å²) in [4.78, 5) is 3.96. The van der Waals surface area contributed by atoms with Crippen LogP contribution in [0.4, 0.5) is 17.3 Å². The van der Waals surface area contributed by atoms with E-state index in [0.717, 1.165) is 18.1 Å². The van der Waals surface area contributed by atoms with Crippen molar-refractivity contribution >= 4 is 35.0 Å². The number of nitrogen functional groups attached to an aromatic ring is 1. The number of nitrogens with zero attached hydrogens (tertiary/aromatic N) is 3.